The molecule has 2 N–H and O–H groups in total. The smallest absolute Gasteiger partial charge is 0.317 e. The van der Waals surface area contributed by atoms with Gasteiger partial charge in [0.25, 0.3) is 0 Å². The molecular weight excluding hydrogens is 408 g/mol. The highest BCUT2D eigenvalue weighted by Gasteiger charge is 2.24. The molecule has 3 amide bonds. The maximum absolute atomic E-state index is 12.9. The molecule has 2 aliphatic rings. The Balaban J connectivity index is 1.40. The van der Waals surface area contributed by atoms with E-state index in [9.17, 15) is 9.59 Å². The lowest BCUT2D eigenvalue weighted by Gasteiger charge is -2.28. The molecule has 1 unspecified atom stereocenters. The molecule has 2 aromatic rings. The van der Waals surface area contributed by atoms with Crippen LogP contribution >= 0.6 is 0 Å². The molecule has 0 radical (unpaired) electrons. The average Bonchev–Trinajstić information content (AvgIpc) is 3.30. The van der Waals surface area contributed by atoms with E-state index in [1.807, 2.05) is 12.1 Å². The zero-order valence-electron chi connectivity index (χ0n) is 18.5. The Morgan fingerprint density at radius 2 is 2.00 bits per heavy atom. The summed E-state index contributed by atoms with van der Waals surface area (Å²) in [6.45, 7) is 1.58. The van der Waals surface area contributed by atoms with E-state index < -0.39 is 0 Å². The highest BCUT2D eigenvalue weighted by Crippen LogP contribution is 2.26. The maximum Gasteiger partial charge on any atom is 0.317 e. The average molecular weight is 441 g/mol. The number of hydrogen-bond acceptors (Lipinski definition) is 6. The van der Waals surface area contributed by atoms with Crippen LogP contribution in [0.25, 0.3) is 11.4 Å². The summed E-state index contributed by atoms with van der Waals surface area (Å²) in [5.41, 5.74) is 0.804. The summed E-state index contributed by atoms with van der Waals surface area (Å²) in [4.78, 5) is 35.6. The van der Waals surface area contributed by atoms with Crippen molar-refractivity contribution in [1.29, 1.82) is 0 Å². The van der Waals surface area contributed by atoms with Crippen molar-refractivity contribution in [3.63, 3.8) is 0 Å². The highest BCUT2D eigenvalue weighted by molar-refractivity contribution is 5.78. The first-order valence-corrected chi connectivity index (χ1v) is 11.7. The van der Waals surface area contributed by atoms with Crippen molar-refractivity contribution in [3.8, 4) is 11.4 Å². The number of amides is 3. The lowest BCUT2D eigenvalue weighted by Crippen LogP contribution is -2.46. The van der Waals surface area contributed by atoms with Crippen LogP contribution in [0.15, 0.2) is 29.0 Å². The van der Waals surface area contributed by atoms with Crippen LogP contribution in [0.3, 0.4) is 0 Å². The fourth-order valence-electron chi connectivity index (χ4n) is 4.47. The molecule has 1 aliphatic heterocycles. The predicted octanol–water partition coefficient (Wildman–Crippen LogP) is 3.25. The minimum atomic E-state index is -0.0582. The van der Waals surface area contributed by atoms with Gasteiger partial charge in [0.1, 0.15) is 0 Å². The second-order valence-electron chi connectivity index (χ2n) is 8.70. The summed E-state index contributed by atoms with van der Waals surface area (Å²) in [5.74, 6) is 1.06. The number of urea groups is 1. The molecule has 32 heavy (non-hydrogen) atoms. The van der Waals surface area contributed by atoms with Gasteiger partial charge in [-0.1, -0.05) is 24.4 Å². The zero-order chi connectivity index (χ0) is 22.2. The van der Waals surface area contributed by atoms with Crippen LogP contribution in [0.2, 0.25) is 0 Å². The SMILES string of the molecule is O=C1CCN(C(=O)NC2CCCCC2)CCCC(c2nc(-c3cccnc3)no2)CCN1. The molecule has 1 saturated carbocycles. The van der Waals surface area contributed by atoms with E-state index in [4.69, 9.17) is 4.52 Å². The fourth-order valence-corrected chi connectivity index (χ4v) is 4.47. The first-order chi connectivity index (χ1) is 15.7. The Bertz CT molecular complexity index is 881. The number of hydrogen-bond donors (Lipinski definition) is 2. The molecule has 0 bridgehead atoms. The van der Waals surface area contributed by atoms with Crippen molar-refractivity contribution in [2.75, 3.05) is 19.6 Å². The Labute approximate surface area is 188 Å². The van der Waals surface area contributed by atoms with Crippen LogP contribution in [0.5, 0.6) is 0 Å². The van der Waals surface area contributed by atoms with Gasteiger partial charge < -0.3 is 20.1 Å². The van der Waals surface area contributed by atoms with Crippen LogP contribution in [0.4, 0.5) is 4.79 Å². The van der Waals surface area contributed by atoms with Crippen LogP contribution in [0, 0.1) is 0 Å². The molecule has 9 nitrogen and oxygen atoms in total. The first kappa shape index (κ1) is 22.2. The molecule has 0 spiro atoms. The van der Waals surface area contributed by atoms with E-state index in [2.05, 4.69) is 25.8 Å². The minimum Gasteiger partial charge on any atom is -0.356 e. The summed E-state index contributed by atoms with van der Waals surface area (Å²) in [6.07, 6.45) is 11.7. The fraction of sp³-hybridized carbons (Fsp3) is 0.609. The van der Waals surface area contributed by atoms with Crippen molar-refractivity contribution in [1.82, 2.24) is 30.7 Å². The summed E-state index contributed by atoms with van der Waals surface area (Å²) in [6, 6.07) is 3.92. The molecule has 1 atom stereocenters. The summed E-state index contributed by atoms with van der Waals surface area (Å²) < 4.78 is 5.57. The Kier molecular flexibility index (Phi) is 7.68. The largest absolute Gasteiger partial charge is 0.356 e. The number of aromatic nitrogens is 3. The van der Waals surface area contributed by atoms with Gasteiger partial charge >= 0.3 is 6.03 Å². The van der Waals surface area contributed by atoms with Gasteiger partial charge in [0, 0.05) is 56.0 Å². The molecule has 1 aliphatic carbocycles. The van der Waals surface area contributed by atoms with E-state index in [0.29, 0.717) is 44.2 Å². The number of nitrogens with zero attached hydrogens (tertiary/aromatic N) is 4. The Morgan fingerprint density at radius 3 is 2.81 bits per heavy atom. The van der Waals surface area contributed by atoms with Crippen LogP contribution in [0.1, 0.15) is 69.6 Å². The standard InChI is InChI=1S/C23H32N6O3/c30-20-11-15-29(23(31)26-19-8-2-1-3-9-19)14-5-7-17(10-13-25-20)22-27-21(28-32-22)18-6-4-12-24-16-18/h4,6,12,16-17,19H,1-3,5,7-11,13-15H2,(H,25,30)(H,26,31). The van der Waals surface area contributed by atoms with Crippen molar-refractivity contribution >= 4 is 11.9 Å². The van der Waals surface area contributed by atoms with Gasteiger partial charge in [-0.3, -0.25) is 9.78 Å². The molecule has 2 aromatic heterocycles. The van der Waals surface area contributed by atoms with Gasteiger partial charge in [0.2, 0.25) is 17.6 Å². The molecular formula is C23H32N6O3. The lowest BCUT2D eigenvalue weighted by molar-refractivity contribution is -0.121. The number of rotatable bonds is 3. The molecule has 0 aromatic carbocycles. The van der Waals surface area contributed by atoms with Gasteiger partial charge in [0.05, 0.1) is 0 Å². The monoisotopic (exact) mass is 440 g/mol. The lowest BCUT2D eigenvalue weighted by atomic mass is 9.96. The van der Waals surface area contributed by atoms with E-state index in [1.54, 1.807) is 17.3 Å². The number of carbonyl (C=O) groups is 2. The molecule has 1 saturated heterocycles. The topological polar surface area (TPSA) is 113 Å². The summed E-state index contributed by atoms with van der Waals surface area (Å²) in [5, 5.41) is 10.2. The Morgan fingerprint density at radius 1 is 1.12 bits per heavy atom. The third-order valence-electron chi connectivity index (χ3n) is 6.34. The van der Waals surface area contributed by atoms with E-state index in [1.165, 1.54) is 19.3 Å². The molecule has 4 rings (SSSR count). The third-order valence-corrected chi connectivity index (χ3v) is 6.34. The van der Waals surface area contributed by atoms with Crippen molar-refractivity contribution in [2.45, 2.75) is 69.7 Å². The summed E-state index contributed by atoms with van der Waals surface area (Å²) >= 11 is 0. The van der Waals surface area contributed by atoms with Crippen LogP contribution < -0.4 is 10.6 Å². The van der Waals surface area contributed by atoms with Gasteiger partial charge in [-0.05, 0) is 44.2 Å². The van der Waals surface area contributed by atoms with Gasteiger partial charge in [0.15, 0.2) is 0 Å². The van der Waals surface area contributed by atoms with Gasteiger partial charge in [-0.15, -0.1) is 0 Å². The number of pyridine rings is 1. The second kappa shape index (κ2) is 11.1. The van der Waals surface area contributed by atoms with Crippen molar-refractivity contribution < 1.29 is 14.1 Å². The minimum absolute atomic E-state index is 0.0228. The maximum atomic E-state index is 12.9. The van der Waals surface area contributed by atoms with Crippen molar-refractivity contribution in [2.24, 2.45) is 0 Å². The zero-order valence-corrected chi connectivity index (χ0v) is 18.5. The quantitative estimate of drug-likeness (QED) is 0.757. The molecule has 172 valence electrons. The number of carbonyl (C=O) groups excluding carboxylic acids is 2. The van der Waals surface area contributed by atoms with Crippen LogP contribution in [-0.2, 0) is 4.79 Å². The number of nitrogens with one attached hydrogen (secondary N) is 2. The van der Waals surface area contributed by atoms with Crippen LogP contribution in [-0.4, -0.2) is 57.6 Å². The van der Waals surface area contributed by atoms with E-state index in [0.717, 1.165) is 31.2 Å². The first-order valence-electron chi connectivity index (χ1n) is 11.7. The van der Waals surface area contributed by atoms with Gasteiger partial charge in [-0.25, -0.2) is 4.79 Å². The van der Waals surface area contributed by atoms with E-state index in [-0.39, 0.29) is 23.9 Å². The van der Waals surface area contributed by atoms with E-state index >= 15 is 0 Å². The molecule has 2 fully saturated rings. The predicted molar refractivity (Wildman–Crippen MR) is 119 cm³/mol. The molecule has 9 heteroatoms. The normalized spacial score (nSPS) is 21.4. The molecule has 3 heterocycles. The highest BCUT2D eigenvalue weighted by atomic mass is 16.5. The third kappa shape index (κ3) is 6.05. The summed E-state index contributed by atoms with van der Waals surface area (Å²) in [7, 11) is 0. The van der Waals surface area contributed by atoms with Crippen molar-refractivity contribution in [3.05, 3.63) is 30.4 Å². The second-order valence-corrected chi connectivity index (χ2v) is 8.70. The van der Waals surface area contributed by atoms with Gasteiger partial charge in [-0.2, -0.15) is 4.98 Å². The Hall–Kier alpha value is -2.97.